The molecule has 0 bridgehead atoms. The summed E-state index contributed by atoms with van der Waals surface area (Å²) in [6.07, 6.45) is -8.28. The molecule has 136 heavy (non-hydrogen) atoms. The molecular weight excluding hydrogens is 1850 g/mol. The molecular formula is C87H128ClN15O31S2. The topological polar surface area (TPSA) is 668 Å². The number of carbonyl (C=O) groups is 19. The number of nitrogens with one attached hydrogen (secondary N) is 6. The molecule has 4 fully saturated rings. The number of phenolic OH excluding ortho intramolecular Hbond substituents is 2. The number of aliphatic hydroxyl groups is 1. The second-order valence-electron chi connectivity index (χ2n) is 34.9. The van der Waals surface area contributed by atoms with Gasteiger partial charge in [-0.2, -0.15) is 0 Å². The fraction of sp³-hybridized carbons (Fsp3) is 0.644. The van der Waals surface area contributed by atoms with E-state index in [1.165, 1.54) is 81.7 Å². The van der Waals surface area contributed by atoms with E-state index in [-0.39, 0.29) is 170 Å². The summed E-state index contributed by atoms with van der Waals surface area (Å²) in [5, 5.41) is 139. The number of halogens is 1. The van der Waals surface area contributed by atoms with Crippen LogP contribution < -0.4 is 31.9 Å². The Morgan fingerprint density at radius 2 is 0.978 bits per heavy atom. The molecule has 7 amide bonds. The van der Waals surface area contributed by atoms with Crippen LogP contribution in [-0.2, 0) is 104 Å². The summed E-state index contributed by atoms with van der Waals surface area (Å²) >= 11 is 6.27. The lowest BCUT2D eigenvalue weighted by atomic mass is 9.90. The van der Waals surface area contributed by atoms with Gasteiger partial charge >= 0.3 is 53.7 Å². The van der Waals surface area contributed by atoms with Gasteiger partial charge < -0.3 is 98.1 Å². The molecule has 4 aliphatic heterocycles. The third kappa shape index (κ3) is 42.0. The van der Waals surface area contributed by atoms with E-state index in [0.717, 1.165) is 26.5 Å². The van der Waals surface area contributed by atoms with Crippen molar-refractivity contribution in [2.24, 2.45) is 23.7 Å². The number of fused-ring (bicyclic) bond motifs is 1. The number of nitrogens with zero attached hydrogens (tertiary/aromatic N) is 9. The van der Waals surface area contributed by atoms with Crippen molar-refractivity contribution in [3.8, 4) is 11.5 Å². The third-order valence-corrected chi connectivity index (χ3v) is 26.5. The SMILES string of the molecule is CC(C)C[C@@H]1CC(=O)CNC(=O)[C@H](Cc2ccc(O)c(Cl)c2)CC(=O)[C@@H]2C[C@@H](O)CN2C(=O)[C@@H](NC(=O)[C@@H](CCC(=O)O)CC(=O)[C@H](Cc2ccc(O)cc2)NC(=O)[C@H](CCNC(=O)CC[C@@H](C(=O)O)N2CCN(CC(=O)O)CCN(CC(=O)O)CCN(CC(=O)O)CC2)NC(=O)CC[C@@H](C(=O)O)N2CCN(CC(=O)O)CCN(CC(=O)O)CCN(CC(=O)O)CC2)CSSC[C@@H](C)NC1=O. The Labute approximate surface area is 798 Å². The number of amides is 7. The number of aliphatic carboxylic acids is 9. The lowest BCUT2D eigenvalue weighted by Crippen LogP contribution is -2.55. The molecule has 0 radical (unpaired) electrons. The highest BCUT2D eigenvalue weighted by Gasteiger charge is 2.44. The van der Waals surface area contributed by atoms with Crippen LogP contribution in [0.15, 0.2) is 42.5 Å². The highest BCUT2D eigenvalue weighted by atomic mass is 35.5. The smallest absolute Gasteiger partial charge is 0.320 e. The highest BCUT2D eigenvalue weighted by Crippen LogP contribution is 2.31. The Morgan fingerprint density at radius 3 is 1.43 bits per heavy atom. The van der Waals surface area contributed by atoms with E-state index < -0.39 is 302 Å². The van der Waals surface area contributed by atoms with Crippen LogP contribution in [0.25, 0.3) is 0 Å². The van der Waals surface area contributed by atoms with Gasteiger partial charge in [-0.1, -0.05) is 65.2 Å². The van der Waals surface area contributed by atoms with Gasteiger partial charge in [0.25, 0.3) is 0 Å². The first kappa shape index (κ1) is 114. The number of rotatable bonds is 42. The second-order valence-corrected chi connectivity index (χ2v) is 37.9. The van der Waals surface area contributed by atoms with Crippen molar-refractivity contribution >= 4 is 146 Å². The molecule has 11 atom stereocenters. The normalized spacial score (nSPS) is 21.7. The van der Waals surface area contributed by atoms with Crippen molar-refractivity contribution in [3.05, 3.63) is 58.6 Å². The summed E-state index contributed by atoms with van der Waals surface area (Å²) < 4.78 is 0. The lowest BCUT2D eigenvalue weighted by molar-refractivity contribution is -0.145. The summed E-state index contributed by atoms with van der Waals surface area (Å²) in [4.78, 5) is 271. The van der Waals surface area contributed by atoms with Crippen molar-refractivity contribution in [1.29, 1.82) is 0 Å². The molecule has 46 nitrogen and oxygen atoms in total. The Morgan fingerprint density at radius 1 is 0.515 bits per heavy atom. The fourth-order valence-corrected chi connectivity index (χ4v) is 19.1. The van der Waals surface area contributed by atoms with Gasteiger partial charge in [0.2, 0.25) is 41.4 Å². The zero-order valence-electron chi connectivity index (χ0n) is 76.3. The van der Waals surface area contributed by atoms with Gasteiger partial charge in [0, 0.05) is 198 Å². The Hall–Kier alpha value is -10.8. The number of aromatic hydroxyl groups is 2. The minimum absolute atomic E-state index is 0.00438. The maximum absolute atomic E-state index is 15.4. The molecule has 2 aromatic rings. The van der Waals surface area contributed by atoms with Crippen molar-refractivity contribution < 1.29 is 152 Å². The fourth-order valence-electron chi connectivity index (χ4n) is 16.5. The molecule has 0 spiro atoms. The standard InChI is InChI=1S/C87H128ClN15O31S2/c1-52(2)34-57-38-60(105)42-90-81(126)58(35-55-6-12-69(107)62(88)36-55)40-71(109)68-41-61(106)43-103(68)85(130)65(51-136-135-50-53(3)91-83(57)128)94-82(127)56(7-15-74(112)113)39-70(108)64(37-54-4-8-59(104)9-5-54)93-84(129)63(92-73(111)14-11-67(87(133)134)102-32-28-99(48-79(122)123)24-20-96(45-76(116)117)21-25-100(29-33-102)49-80(124)125)16-17-89-72(110)13-10-66(86(131)132)101-30-26-97(46-77(118)119)22-18-95(44-75(114)115)19-23-98(27-31-101)47-78(120)121/h4-6,8-9,12,36,52-53,56-58,61,63-68,104,106-107H,7,10-11,13-35,37-51H2,1-3H3,(H,89,110)(H,90,126)(H,91,128)(H,92,111)(H,93,129)(H,94,127)(H,112,113)(H,114,115)(H,116,117)(H,118,119)(H,120,121)(H,122,123)(H,124,125)(H,131,132)(H,133,134)/t53-,56+,57-,58-,61-,63+,64+,65+,66+,67+,68+/m1/s1. The van der Waals surface area contributed by atoms with Crippen LogP contribution in [0.1, 0.15) is 109 Å². The second kappa shape index (κ2) is 58.1. The molecule has 49 heteroatoms. The van der Waals surface area contributed by atoms with Crippen LogP contribution in [0.2, 0.25) is 5.02 Å². The molecule has 756 valence electrons. The van der Waals surface area contributed by atoms with Crippen LogP contribution in [0.4, 0.5) is 0 Å². The van der Waals surface area contributed by atoms with Gasteiger partial charge in [0.15, 0.2) is 17.3 Å². The van der Waals surface area contributed by atoms with E-state index in [1.54, 1.807) is 6.92 Å². The number of benzene rings is 2. The quantitative estimate of drug-likeness (QED) is 0.0306. The van der Waals surface area contributed by atoms with E-state index >= 15 is 19.2 Å². The number of phenols is 2. The Balaban J connectivity index is 1.36. The first-order chi connectivity index (χ1) is 64.3. The van der Waals surface area contributed by atoms with Crippen LogP contribution >= 0.6 is 33.2 Å². The number of carboxylic acids is 9. The molecule has 4 saturated heterocycles. The maximum Gasteiger partial charge on any atom is 0.320 e. The number of carboxylic acid groups (broad SMARTS) is 9. The summed E-state index contributed by atoms with van der Waals surface area (Å²) in [6.45, 7) is -0.663. The first-order valence-corrected chi connectivity index (χ1v) is 47.8. The number of aliphatic hydroxyl groups excluding tert-OH is 1. The molecule has 0 unspecified atom stereocenters. The number of hydrogen-bond acceptors (Lipinski definition) is 32. The molecule has 0 aromatic heterocycles. The zero-order valence-corrected chi connectivity index (χ0v) is 78.7. The van der Waals surface area contributed by atoms with Crippen molar-refractivity contribution in [1.82, 2.24) is 76.0 Å². The Kier molecular flexibility index (Phi) is 48.6. The van der Waals surface area contributed by atoms with Gasteiger partial charge in [-0.15, -0.1) is 0 Å². The van der Waals surface area contributed by atoms with Gasteiger partial charge in [0.05, 0.1) is 69.0 Å². The summed E-state index contributed by atoms with van der Waals surface area (Å²) in [5.41, 5.74) is 0.601. The van der Waals surface area contributed by atoms with E-state index in [4.69, 9.17) is 11.6 Å². The minimum atomic E-state index is -1.84. The van der Waals surface area contributed by atoms with Crippen molar-refractivity contribution in [2.75, 3.05) is 175 Å². The van der Waals surface area contributed by atoms with E-state index in [2.05, 4.69) is 31.9 Å². The number of hydrogen-bond donors (Lipinski definition) is 18. The van der Waals surface area contributed by atoms with Crippen LogP contribution in [0, 0.1) is 23.7 Å². The lowest BCUT2D eigenvalue weighted by Gasteiger charge is -2.35. The molecule has 0 aliphatic carbocycles. The number of carbonyl (C=O) groups excluding carboxylic acids is 10. The van der Waals surface area contributed by atoms with Crippen molar-refractivity contribution in [3.63, 3.8) is 0 Å². The molecule has 4 heterocycles. The average Bonchev–Trinajstić information content (AvgIpc) is 1.67. The maximum atomic E-state index is 15.4. The van der Waals surface area contributed by atoms with Gasteiger partial charge in [-0.3, -0.25) is 130 Å². The van der Waals surface area contributed by atoms with Gasteiger partial charge in [-0.05, 0) is 93.2 Å². The molecule has 18 N–H and O–H groups in total. The average molecular weight is 1980 g/mol. The van der Waals surface area contributed by atoms with E-state index in [1.807, 2.05) is 13.8 Å². The molecule has 2 aromatic carbocycles. The minimum Gasteiger partial charge on any atom is -0.508 e. The first-order valence-electron chi connectivity index (χ1n) is 44.9. The third-order valence-electron chi connectivity index (χ3n) is 23.6. The Bertz CT molecular complexity index is 4410. The monoisotopic (exact) mass is 1980 g/mol. The van der Waals surface area contributed by atoms with Crippen LogP contribution in [0.3, 0.4) is 0 Å². The van der Waals surface area contributed by atoms with Crippen molar-refractivity contribution in [2.45, 2.75) is 159 Å². The predicted molar refractivity (Wildman–Crippen MR) is 488 cm³/mol. The summed E-state index contributed by atoms with van der Waals surface area (Å²) in [6, 6.07) is -1.22. The highest BCUT2D eigenvalue weighted by molar-refractivity contribution is 8.76. The number of Topliss-reactive ketones (excluding diaryl/α,β-unsaturated/α-hetero) is 3. The predicted octanol–water partition coefficient (Wildman–Crippen LogP) is -2.47. The molecule has 0 saturated carbocycles. The van der Waals surface area contributed by atoms with Gasteiger partial charge in [0.1, 0.15) is 35.7 Å². The van der Waals surface area contributed by atoms with Gasteiger partial charge in [-0.25, -0.2) is 0 Å². The van der Waals surface area contributed by atoms with Crippen LogP contribution in [-0.4, -0.2) is 441 Å². The van der Waals surface area contributed by atoms with E-state index in [9.17, 15) is 133 Å². The largest absolute Gasteiger partial charge is 0.508 e. The number of ketones is 3. The van der Waals surface area contributed by atoms with Crippen LogP contribution in [0.5, 0.6) is 11.5 Å². The van der Waals surface area contributed by atoms with E-state index in [0.29, 0.717) is 5.56 Å². The summed E-state index contributed by atoms with van der Waals surface area (Å²) in [5.74, 6) is -25.2. The molecule has 4 aliphatic rings. The summed E-state index contributed by atoms with van der Waals surface area (Å²) in [7, 11) is 2.16. The molecule has 6 rings (SSSR count). The zero-order chi connectivity index (χ0) is 101.